The second kappa shape index (κ2) is 10.3. The highest BCUT2D eigenvalue weighted by molar-refractivity contribution is 7.62. The maximum atomic E-state index is 12.7. The number of anilines is 2. The average Bonchev–Trinajstić information content (AvgIpc) is 3.19. The van der Waals surface area contributed by atoms with Crippen LogP contribution in [0.5, 0.6) is 0 Å². The summed E-state index contributed by atoms with van der Waals surface area (Å²) in [6.45, 7) is 4.87. The summed E-state index contributed by atoms with van der Waals surface area (Å²) in [5.74, 6) is 1.38. The van der Waals surface area contributed by atoms with Gasteiger partial charge >= 0.3 is 0 Å². The van der Waals surface area contributed by atoms with Crippen molar-refractivity contribution in [1.29, 1.82) is 0 Å². The maximum Gasteiger partial charge on any atom is 0.217 e. The monoisotopic (exact) mass is 570 g/mol. The van der Waals surface area contributed by atoms with Gasteiger partial charge in [0.1, 0.15) is 24.5 Å². The highest BCUT2D eigenvalue weighted by atomic mass is 35.5. The molecule has 1 aliphatic heterocycles. The van der Waals surface area contributed by atoms with Crippen LogP contribution in [0.25, 0.3) is 28.0 Å². The molecular formula is C27H29Cl2N6O2P. The van der Waals surface area contributed by atoms with Crippen LogP contribution in [0.3, 0.4) is 0 Å². The summed E-state index contributed by atoms with van der Waals surface area (Å²) in [5.41, 5.74) is 9.26. The number of aromatic nitrogens is 3. The topological polar surface area (TPSA) is 96.8 Å². The molecule has 0 bridgehead atoms. The first kappa shape index (κ1) is 26.5. The van der Waals surface area contributed by atoms with Gasteiger partial charge in [-0.05, 0) is 37.1 Å². The molecule has 0 aliphatic carbocycles. The number of primary amides is 1. The number of fused-ring (bicyclic) bond motifs is 1. The number of nitrogens with two attached hydrogens (primary N) is 1. The molecule has 0 radical (unpaired) electrons. The van der Waals surface area contributed by atoms with E-state index in [1.54, 1.807) is 13.3 Å². The second-order valence-electron chi connectivity index (χ2n) is 10.3. The van der Waals surface area contributed by atoms with E-state index >= 15 is 0 Å². The molecule has 1 fully saturated rings. The van der Waals surface area contributed by atoms with E-state index in [0.717, 1.165) is 22.5 Å². The van der Waals surface area contributed by atoms with E-state index in [1.807, 2.05) is 71.1 Å². The van der Waals surface area contributed by atoms with Crippen molar-refractivity contribution in [2.45, 2.75) is 6.42 Å². The standard InChI is InChI=1S/C27H29Cl2N6O2P/c1-33(16-38(2,3)37)23-13-24(34-14-17(15-34)12-22(30)36)35-27(31-23)25(18-8-10-19(28)11-9-18)26(32-35)20-6-4-5-7-21(20)29/h4-11,13,17H,12,14-16H2,1-3H3,(H2,30,36). The molecule has 0 unspecified atom stereocenters. The van der Waals surface area contributed by atoms with Crippen LogP contribution in [0.15, 0.2) is 54.6 Å². The zero-order valence-electron chi connectivity index (χ0n) is 21.4. The molecular weight excluding hydrogens is 542 g/mol. The molecule has 2 aromatic carbocycles. The van der Waals surface area contributed by atoms with Crippen LogP contribution in [0.4, 0.5) is 11.6 Å². The van der Waals surface area contributed by atoms with Crippen LogP contribution in [0.1, 0.15) is 6.42 Å². The van der Waals surface area contributed by atoms with Gasteiger partial charge in [-0.15, -0.1) is 0 Å². The van der Waals surface area contributed by atoms with Gasteiger partial charge in [0.05, 0.1) is 16.9 Å². The van der Waals surface area contributed by atoms with Crippen LogP contribution in [-0.2, 0) is 9.36 Å². The van der Waals surface area contributed by atoms with Crippen LogP contribution in [0, 0.1) is 5.92 Å². The van der Waals surface area contributed by atoms with Gasteiger partial charge in [0.2, 0.25) is 5.91 Å². The molecule has 38 heavy (non-hydrogen) atoms. The minimum absolute atomic E-state index is 0.178. The number of hydrogen-bond acceptors (Lipinski definition) is 6. The fourth-order valence-corrected chi connectivity index (χ4v) is 6.41. The number of benzene rings is 2. The van der Waals surface area contributed by atoms with Crippen LogP contribution in [-0.4, -0.2) is 60.3 Å². The Morgan fingerprint density at radius 1 is 1.13 bits per heavy atom. The third-order valence-corrected chi connectivity index (χ3v) is 8.22. The summed E-state index contributed by atoms with van der Waals surface area (Å²) in [6, 6.07) is 17.1. The molecule has 3 heterocycles. The van der Waals surface area contributed by atoms with E-state index in [4.69, 9.17) is 39.0 Å². The Kier molecular flexibility index (Phi) is 7.16. The minimum Gasteiger partial charge on any atom is -0.370 e. The van der Waals surface area contributed by atoms with E-state index in [1.165, 1.54) is 0 Å². The highest BCUT2D eigenvalue weighted by Gasteiger charge is 2.32. The summed E-state index contributed by atoms with van der Waals surface area (Å²) < 4.78 is 14.5. The Hall–Kier alpha value is -3.06. The number of rotatable bonds is 8. The van der Waals surface area contributed by atoms with Crippen molar-refractivity contribution >= 4 is 53.5 Å². The second-order valence-corrected chi connectivity index (χ2v) is 14.5. The third-order valence-electron chi connectivity index (χ3n) is 6.53. The Morgan fingerprint density at radius 2 is 1.82 bits per heavy atom. The van der Waals surface area contributed by atoms with Crippen molar-refractivity contribution in [1.82, 2.24) is 14.6 Å². The summed E-state index contributed by atoms with van der Waals surface area (Å²) in [6.07, 6.45) is 0.716. The molecule has 8 nitrogen and oxygen atoms in total. The molecule has 0 spiro atoms. The quantitative estimate of drug-likeness (QED) is 0.273. The Balaban J connectivity index is 1.75. The fourth-order valence-electron chi connectivity index (χ4n) is 4.89. The molecule has 4 aromatic rings. The van der Waals surface area contributed by atoms with Gasteiger partial charge in [0, 0.05) is 49.1 Å². The molecule has 0 saturated carbocycles. The first-order chi connectivity index (χ1) is 18.0. The number of carbonyl (C=O) groups excluding carboxylic acids is 1. The number of carbonyl (C=O) groups is 1. The van der Waals surface area contributed by atoms with Gasteiger partial charge in [0.25, 0.3) is 0 Å². The van der Waals surface area contributed by atoms with Gasteiger partial charge in [-0.3, -0.25) is 4.79 Å². The predicted molar refractivity (Wildman–Crippen MR) is 156 cm³/mol. The zero-order valence-corrected chi connectivity index (χ0v) is 23.8. The van der Waals surface area contributed by atoms with Gasteiger partial charge in [0.15, 0.2) is 5.65 Å². The molecule has 1 aliphatic rings. The van der Waals surface area contributed by atoms with Gasteiger partial charge in [-0.1, -0.05) is 53.5 Å². The molecule has 0 atom stereocenters. The fraction of sp³-hybridized carbons (Fsp3) is 0.296. The van der Waals surface area contributed by atoms with E-state index in [2.05, 4.69) is 4.90 Å². The molecule has 2 aromatic heterocycles. The molecule has 1 amide bonds. The number of nitrogens with zero attached hydrogens (tertiary/aromatic N) is 5. The molecule has 2 N–H and O–H groups in total. The van der Waals surface area contributed by atoms with Crippen molar-refractivity contribution in [3.63, 3.8) is 0 Å². The number of hydrogen-bond donors (Lipinski definition) is 1. The van der Waals surface area contributed by atoms with E-state index in [-0.39, 0.29) is 11.8 Å². The lowest BCUT2D eigenvalue weighted by atomic mass is 9.96. The summed E-state index contributed by atoms with van der Waals surface area (Å²) >= 11 is 12.9. The SMILES string of the molecule is CN(CP(C)(C)=O)c1cc(N2CC(CC(N)=O)C2)n2nc(-c3ccccc3Cl)c(-c3ccc(Cl)cc3)c2n1. The first-order valence-electron chi connectivity index (χ1n) is 12.2. The zero-order chi connectivity index (χ0) is 27.2. The van der Waals surface area contributed by atoms with Gasteiger partial charge < -0.3 is 20.1 Å². The summed E-state index contributed by atoms with van der Waals surface area (Å²) in [7, 11) is -0.473. The Bertz CT molecular complexity index is 1560. The van der Waals surface area contributed by atoms with E-state index < -0.39 is 7.14 Å². The lowest BCUT2D eigenvalue weighted by Gasteiger charge is -2.40. The lowest BCUT2D eigenvalue weighted by Crippen LogP contribution is -2.49. The normalized spacial score (nSPS) is 14.1. The molecule has 198 valence electrons. The van der Waals surface area contributed by atoms with Crippen LogP contribution < -0.4 is 15.5 Å². The molecule has 1 saturated heterocycles. The molecule has 5 rings (SSSR count). The Morgan fingerprint density at radius 3 is 2.45 bits per heavy atom. The maximum absolute atomic E-state index is 12.7. The van der Waals surface area contributed by atoms with Gasteiger partial charge in [-0.2, -0.15) is 9.61 Å². The third kappa shape index (κ3) is 5.39. The predicted octanol–water partition coefficient (Wildman–Crippen LogP) is 5.70. The van der Waals surface area contributed by atoms with Crippen molar-refractivity contribution < 1.29 is 9.36 Å². The van der Waals surface area contributed by atoms with Gasteiger partial charge in [-0.25, -0.2) is 4.98 Å². The summed E-state index contributed by atoms with van der Waals surface area (Å²) in [4.78, 5) is 20.6. The largest absolute Gasteiger partial charge is 0.370 e. The smallest absolute Gasteiger partial charge is 0.217 e. The van der Waals surface area contributed by atoms with Crippen molar-refractivity contribution in [3.05, 3.63) is 64.6 Å². The average molecular weight is 571 g/mol. The van der Waals surface area contributed by atoms with Crippen LogP contribution in [0.2, 0.25) is 10.0 Å². The lowest BCUT2D eigenvalue weighted by molar-refractivity contribution is -0.119. The highest BCUT2D eigenvalue weighted by Crippen LogP contribution is 2.42. The minimum atomic E-state index is -2.36. The van der Waals surface area contributed by atoms with Crippen molar-refractivity contribution in [2.24, 2.45) is 11.7 Å². The van der Waals surface area contributed by atoms with Crippen LogP contribution >= 0.6 is 30.3 Å². The molecule has 11 heteroatoms. The van der Waals surface area contributed by atoms with Crippen molar-refractivity contribution in [3.8, 4) is 22.4 Å². The summed E-state index contributed by atoms with van der Waals surface area (Å²) in [5, 5.41) is 6.24. The van der Waals surface area contributed by atoms with E-state index in [0.29, 0.717) is 53.0 Å². The van der Waals surface area contributed by atoms with E-state index in [9.17, 15) is 9.36 Å². The Labute approximate surface area is 231 Å². The first-order valence-corrected chi connectivity index (χ1v) is 15.8. The van der Waals surface area contributed by atoms with Crippen molar-refractivity contribution in [2.75, 3.05) is 49.6 Å². The number of amides is 1. The number of halogens is 2.